The van der Waals surface area contributed by atoms with Gasteiger partial charge in [-0.3, -0.25) is 4.39 Å². The minimum atomic E-state index is -0.280. The van der Waals surface area contributed by atoms with Crippen LogP contribution >= 0.6 is 0 Å². The zero-order chi connectivity index (χ0) is 8.62. The third-order valence-electron chi connectivity index (χ3n) is 0.962. The average molecular weight is 146 g/mol. The largest absolute Gasteiger partial charge is 0.250 e. The van der Waals surface area contributed by atoms with Crippen LogP contribution in [0, 0.1) is 5.41 Å². The lowest BCUT2D eigenvalue weighted by Crippen LogP contribution is -2.08. The maximum Gasteiger partial charge on any atom is 0.0979 e. The molecule has 0 aliphatic heterocycles. The summed E-state index contributed by atoms with van der Waals surface area (Å²) >= 11 is 0. The van der Waals surface area contributed by atoms with E-state index in [2.05, 4.69) is 0 Å². The summed E-state index contributed by atoms with van der Waals surface area (Å²) < 4.78 is 11.9. The number of allylic oxidation sites excluding steroid dienone is 2. The van der Waals surface area contributed by atoms with Crippen LogP contribution in [0.15, 0.2) is 12.2 Å². The van der Waals surface area contributed by atoms with Crippen LogP contribution in [-0.4, -0.2) is 6.67 Å². The highest BCUT2D eigenvalue weighted by Gasteiger charge is 2.10. The van der Waals surface area contributed by atoms with E-state index in [1.54, 1.807) is 0 Å². The SMILES string of the molecule is C/C=C/C(C)(C)CF.CC. The van der Waals surface area contributed by atoms with Gasteiger partial charge in [0.2, 0.25) is 0 Å². The molecular formula is C9H19F. The summed E-state index contributed by atoms with van der Waals surface area (Å²) in [7, 11) is 0. The Morgan fingerprint density at radius 2 is 1.70 bits per heavy atom. The minimum Gasteiger partial charge on any atom is -0.250 e. The van der Waals surface area contributed by atoms with Crippen molar-refractivity contribution < 1.29 is 4.39 Å². The number of rotatable bonds is 2. The second kappa shape index (κ2) is 6.79. The van der Waals surface area contributed by atoms with Gasteiger partial charge in [0.15, 0.2) is 0 Å². The van der Waals surface area contributed by atoms with Crippen LogP contribution < -0.4 is 0 Å². The highest BCUT2D eigenvalue weighted by atomic mass is 19.1. The van der Waals surface area contributed by atoms with Crippen LogP contribution in [0.1, 0.15) is 34.6 Å². The summed E-state index contributed by atoms with van der Waals surface area (Å²) in [4.78, 5) is 0. The first-order chi connectivity index (χ1) is 4.62. The fourth-order valence-corrected chi connectivity index (χ4v) is 0.496. The fraction of sp³-hybridized carbons (Fsp3) is 0.778. The van der Waals surface area contributed by atoms with Crippen LogP contribution in [0.4, 0.5) is 4.39 Å². The molecular weight excluding hydrogens is 127 g/mol. The van der Waals surface area contributed by atoms with Crippen molar-refractivity contribution in [2.24, 2.45) is 5.41 Å². The summed E-state index contributed by atoms with van der Waals surface area (Å²) in [6.07, 6.45) is 3.74. The van der Waals surface area contributed by atoms with E-state index < -0.39 is 0 Å². The molecule has 62 valence electrons. The number of halogens is 1. The number of hydrogen-bond donors (Lipinski definition) is 0. The van der Waals surface area contributed by atoms with Crippen LogP contribution in [0.3, 0.4) is 0 Å². The Labute approximate surface area is 64.1 Å². The Balaban J connectivity index is 0. The maximum absolute atomic E-state index is 11.9. The molecule has 0 atom stereocenters. The van der Waals surface area contributed by atoms with E-state index in [0.29, 0.717) is 0 Å². The summed E-state index contributed by atoms with van der Waals surface area (Å²) in [6.45, 7) is 9.36. The standard InChI is InChI=1S/C7H13F.C2H6/c1-4-5-7(2,3)6-8;1-2/h4-5H,6H2,1-3H3;1-2H3/b5-4+;. The van der Waals surface area contributed by atoms with Crippen LogP contribution in [0.5, 0.6) is 0 Å². The first kappa shape index (κ1) is 12.4. The van der Waals surface area contributed by atoms with Gasteiger partial charge in [-0.25, -0.2) is 0 Å². The summed E-state index contributed by atoms with van der Waals surface area (Å²) in [5.41, 5.74) is -0.255. The molecule has 0 aromatic carbocycles. The van der Waals surface area contributed by atoms with Crippen LogP contribution in [-0.2, 0) is 0 Å². The van der Waals surface area contributed by atoms with E-state index >= 15 is 0 Å². The lowest BCUT2D eigenvalue weighted by atomic mass is 9.95. The molecule has 0 aliphatic rings. The van der Waals surface area contributed by atoms with Crippen LogP contribution in [0.2, 0.25) is 0 Å². The molecule has 10 heavy (non-hydrogen) atoms. The predicted molar refractivity (Wildman–Crippen MR) is 45.9 cm³/mol. The van der Waals surface area contributed by atoms with Crippen molar-refractivity contribution in [1.82, 2.24) is 0 Å². The van der Waals surface area contributed by atoms with Gasteiger partial charge in [0.1, 0.15) is 0 Å². The fourth-order valence-electron chi connectivity index (χ4n) is 0.496. The smallest absolute Gasteiger partial charge is 0.0979 e. The molecule has 0 spiro atoms. The van der Waals surface area contributed by atoms with Gasteiger partial charge in [-0.1, -0.05) is 39.8 Å². The van der Waals surface area contributed by atoms with Crippen LogP contribution in [0.25, 0.3) is 0 Å². The molecule has 0 rings (SSSR count). The van der Waals surface area contributed by atoms with Gasteiger partial charge in [-0.2, -0.15) is 0 Å². The van der Waals surface area contributed by atoms with E-state index in [1.165, 1.54) is 0 Å². The van der Waals surface area contributed by atoms with E-state index in [9.17, 15) is 4.39 Å². The Bertz CT molecular complexity index is 82.7. The van der Waals surface area contributed by atoms with E-state index in [4.69, 9.17) is 0 Å². The Morgan fingerprint density at radius 3 is 1.80 bits per heavy atom. The average Bonchev–Trinajstić information content (AvgIpc) is 1.93. The first-order valence-corrected chi connectivity index (χ1v) is 3.82. The molecule has 0 bridgehead atoms. The lowest BCUT2D eigenvalue weighted by molar-refractivity contribution is 0.322. The van der Waals surface area contributed by atoms with Crippen molar-refractivity contribution in [3.63, 3.8) is 0 Å². The molecule has 1 heteroatoms. The molecule has 0 aromatic heterocycles. The summed E-state index contributed by atoms with van der Waals surface area (Å²) in [6, 6.07) is 0. The number of hydrogen-bond acceptors (Lipinski definition) is 0. The predicted octanol–water partition coefficient (Wildman–Crippen LogP) is 3.58. The summed E-state index contributed by atoms with van der Waals surface area (Å²) in [5, 5.41) is 0. The van der Waals surface area contributed by atoms with Crippen molar-refractivity contribution in [3.05, 3.63) is 12.2 Å². The van der Waals surface area contributed by atoms with E-state index in [0.717, 1.165) is 0 Å². The monoisotopic (exact) mass is 146 g/mol. The molecule has 0 aromatic rings. The van der Waals surface area contributed by atoms with Crippen molar-refractivity contribution in [2.45, 2.75) is 34.6 Å². The topological polar surface area (TPSA) is 0 Å². The van der Waals surface area contributed by atoms with Gasteiger partial charge < -0.3 is 0 Å². The van der Waals surface area contributed by atoms with Gasteiger partial charge in [0.05, 0.1) is 6.67 Å². The highest BCUT2D eigenvalue weighted by molar-refractivity contribution is 4.92. The summed E-state index contributed by atoms with van der Waals surface area (Å²) in [5.74, 6) is 0. The molecule has 0 nitrogen and oxygen atoms in total. The van der Waals surface area contributed by atoms with Gasteiger partial charge in [0.25, 0.3) is 0 Å². The molecule has 0 amide bonds. The van der Waals surface area contributed by atoms with Gasteiger partial charge in [0, 0.05) is 5.41 Å². The highest BCUT2D eigenvalue weighted by Crippen LogP contribution is 2.16. The molecule has 0 unspecified atom stereocenters. The molecule has 0 saturated carbocycles. The van der Waals surface area contributed by atoms with Gasteiger partial charge in [-0.15, -0.1) is 0 Å². The molecule has 0 radical (unpaired) electrons. The molecule has 0 aliphatic carbocycles. The van der Waals surface area contributed by atoms with Gasteiger partial charge in [-0.05, 0) is 6.92 Å². The van der Waals surface area contributed by atoms with Crippen molar-refractivity contribution in [3.8, 4) is 0 Å². The molecule has 0 heterocycles. The van der Waals surface area contributed by atoms with Crippen molar-refractivity contribution in [1.29, 1.82) is 0 Å². The second-order valence-corrected chi connectivity index (χ2v) is 2.62. The molecule has 0 saturated heterocycles. The molecule has 0 N–H and O–H groups in total. The first-order valence-electron chi connectivity index (χ1n) is 3.82. The van der Waals surface area contributed by atoms with E-state index in [1.807, 2.05) is 46.8 Å². The minimum absolute atomic E-state index is 0.255. The van der Waals surface area contributed by atoms with Gasteiger partial charge >= 0.3 is 0 Å². The number of alkyl halides is 1. The lowest BCUT2D eigenvalue weighted by Gasteiger charge is -2.12. The Morgan fingerprint density at radius 1 is 1.30 bits per heavy atom. The third kappa shape index (κ3) is 7.67. The van der Waals surface area contributed by atoms with Crippen molar-refractivity contribution >= 4 is 0 Å². The zero-order valence-corrected chi connectivity index (χ0v) is 7.74. The maximum atomic E-state index is 11.9. The quantitative estimate of drug-likeness (QED) is 0.522. The second-order valence-electron chi connectivity index (χ2n) is 2.62. The zero-order valence-electron chi connectivity index (χ0n) is 7.74. The van der Waals surface area contributed by atoms with E-state index in [-0.39, 0.29) is 12.1 Å². The Kier molecular flexibility index (Phi) is 8.38. The Hall–Kier alpha value is -0.330. The third-order valence-corrected chi connectivity index (χ3v) is 0.962. The molecule has 0 fully saturated rings. The normalized spacial score (nSPS) is 11.0. The van der Waals surface area contributed by atoms with Crippen molar-refractivity contribution in [2.75, 3.05) is 6.67 Å².